The van der Waals surface area contributed by atoms with Crippen molar-refractivity contribution in [2.45, 2.75) is 6.92 Å². The maximum atomic E-state index is 11.5. The molecule has 1 amide bonds. The molecule has 0 saturated heterocycles. The lowest BCUT2D eigenvalue weighted by Gasteiger charge is -2.08. The standard InChI is InChI=1S/C17H16N2O/c1-12(20)18-16-14-10-6-7-11-15(14)19(2)17(16)13-8-4-3-5-9-13/h3-11H,1-2H3,(H,18,20). The molecule has 0 spiro atoms. The Balaban J connectivity index is 2.34. The number of nitrogens with one attached hydrogen (secondary N) is 1. The van der Waals surface area contributed by atoms with E-state index in [1.165, 1.54) is 6.92 Å². The van der Waals surface area contributed by atoms with Crippen LogP contribution in [0, 0.1) is 0 Å². The van der Waals surface area contributed by atoms with E-state index in [1.54, 1.807) is 0 Å². The summed E-state index contributed by atoms with van der Waals surface area (Å²) in [5.74, 6) is -0.0569. The van der Waals surface area contributed by atoms with Gasteiger partial charge in [-0.25, -0.2) is 0 Å². The van der Waals surface area contributed by atoms with Gasteiger partial charge in [-0.2, -0.15) is 0 Å². The van der Waals surface area contributed by atoms with E-state index in [-0.39, 0.29) is 5.91 Å². The minimum Gasteiger partial charge on any atom is -0.342 e. The number of aryl methyl sites for hydroxylation is 1. The van der Waals surface area contributed by atoms with Crippen molar-refractivity contribution in [2.75, 3.05) is 5.32 Å². The second-order valence-electron chi connectivity index (χ2n) is 4.85. The van der Waals surface area contributed by atoms with Crippen molar-refractivity contribution in [2.24, 2.45) is 7.05 Å². The molecule has 100 valence electrons. The Bertz CT molecular complexity index is 772. The van der Waals surface area contributed by atoms with E-state index in [9.17, 15) is 4.79 Å². The second-order valence-corrected chi connectivity index (χ2v) is 4.85. The Morgan fingerprint density at radius 2 is 1.65 bits per heavy atom. The number of benzene rings is 2. The highest BCUT2D eigenvalue weighted by Crippen LogP contribution is 2.37. The average molecular weight is 264 g/mol. The fraction of sp³-hybridized carbons (Fsp3) is 0.118. The maximum Gasteiger partial charge on any atom is 0.221 e. The molecule has 0 atom stereocenters. The molecule has 0 radical (unpaired) electrons. The fourth-order valence-corrected chi connectivity index (χ4v) is 2.63. The van der Waals surface area contributed by atoms with Gasteiger partial charge < -0.3 is 9.88 Å². The van der Waals surface area contributed by atoms with E-state index in [1.807, 2.05) is 43.4 Å². The molecule has 3 heteroatoms. The first-order valence-electron chi connectivity index (χ1n) is 6.59. The largest absolute Gasteiger partial charge is 0.342 e. The number of hydrogen-bond donors (Lipinski definition) is 1. The highest BCUT2D eigenvalue weighted by Gasteiger charge is 2.16. The molecule has 1 aromatic heterocycles. The summed E-state index contributed by atoms with van der Waals surface area (Å²) in [6.45, 7) is 1.54. The van der Waals surface area contributed by atoms with Crippen LogP contribution in [-0.4, -0.2) is 10.5 Å². The van der Waals surface area contributed by atoms with E-state index in [0.29, 0.717) is 0 Å². The summed E-state index contributed by atoms with van der Waals surface area (Å²) in [6, 6.07) is 18.2. The highest BCUT2D eigenvalue weighted by atomic mass is 16.1. The molecule has 3 nitrogen and oxygen atoms in total. The van der Waals surface area contributed by atoms with Gasteiger partial charge in [0.2, 0.25) is 5.91 Å². The summed E-state index contributed by atoms with van der Waals surface area (Å²) in [6.07, 6.45) is 0. The Morgan fingerprint density at radius 3 is 2.35 bits per heavy atom. The lowest BCUT2D eigenvalue weighted by atomic mass is 10.1. The van der Waals surface area contributed by atoms with Crippen LogP contribution in [0.3, 0.4) is 0 Å². The molecule has 0 bridgehead atoms. The molecule has 3 rings (SSSR count). The third kappa shape index (κ3) is 1.97. The van der Waals surface area contributed by atoms with Crippen molar-refractivity contribution in [3.63, 3.8) is 0 Å². The summed E-state index contributed by atoms with van der Waals surface area (Å²) in [4.78, 5) is 11.5. The van der Waals surface area contributed by atoms with Crippen LogP contribution in [0.25, 0.3) is 22.2 Å². The molecule has 3 aromatic rings. The lowest BCUT2D eigenvalue weighted by Crippen LogP contribution is -2.06. The van der Waals surface area contributed by atoms with Crippen LogP contribution in [0.15, 0.2) is 54.6 Å². The summed E-state index contributed by atoms with van der Waals surface area (Å²) < 4.78 is 2.12. The van der Waals surface area contributed by atoms with Gasteiger partial charge in [-0.3, -0.25) is 4.79 Å². The molecule has 1 heterocycles. The van der Waals surface area contributed by atoms with Crippen LogP contribution in [0.2, 0.25) is 0 Å². The molecule has 0 aliphatic heterocycles. The van der Waals surface area contributed by atoms with Crippen molar-refractivity contribution in [3.8, 4) is 11.3 Å². The van der Waals surface area contributed by atoms with Crippen molar-refractivity contribution in [3.05, 3.63) is 54.6 Å². The number of anilines is 1. The molecular formula is C17H16N2O. The predicted octanol–water partition coefficient (Wildman–Crippen LogP) is 3.80. The Labute approximate surface area is 117 Å². The van der Waals surface area contributed by atoms with Crippen molar-refractivity contribution in [1.82, 2.24) is 4.57 Å². The first-order chi connectivity index (χ1) is 9.68. The molecule has 0 saturated carbocycles. The van der Waals surface area contributed by atoms with E-state index in [4.69, 9.17) is 0 Å². The van der Waals surface area contributed by atoms with Crippen LogP contribution < -0.4 is 5.32 Å². The van der Waals surface area contributed by atoms with Crippen LogP contribution in [0.5, 0.6) is 0 Å². The highest BCUT2D eigenvalue weighted by molar-refractivity contribution is 6.07. The lowest BCUT2D eigenvalue weighted by molar-refractivity contribution is -0.114. The number of nitrogens with zero attached hydrogens (tertiary/aromatic N) is 1. The van der Waals surface area contributed by atoms with Crippen molar-refractivity contribution in [1.29, 1.82) is 0 Å². The topological polar surface area (TPSA) is 34.0 Å². The zero-order valence-corrected chi connectivity index (χ0v) is 11.6. The Hall–Kier alpha value is -2.55. The van der Waals surface area contributed by atoms with Gasteiger partial charge in [-0.05, 0) is 6.07 Å². The zero-order chi connectivity index (χ0) is 14.1. The molecule has 0 aliphatic rings. The molecule has 20 heavy (non-hydrogen) atoms. The number of rotatable bonds is 2. The van der Waals surface area contributed by atoms with Crippen LogP contribution in [0.1, 0.15) is 6.92 Å². The number of carbonyl (C=O) groups is 1. The van der Waals surface area contributed by atoms with Gasteiger partial charge in [0, 0.05) is 24.9 Å². The minimum absolute atomic E-state index is 0.0569. The van der Waals surface area contributed by atoms with Gasteiger partial charge >= 0.3 is 0 Å². The van der Waals surface area contributed by atoms with Crippen LogP contribution >= 0.6 is 0 Å². The predicted molar refractivity (Wildman–Crippen MR) is 82.7 cm³/mol. The third-order valence-electron chi connectivity index (χ3n) is 3.46. The molecule has 0 unspecified atom stereocenters. The van der Waals surface area contributed by atoms with Gasteiger partial charge in [-0.1, -0.05) is 48.5 Å². The Kier molecular flexibility index (Phi) is 3.03. The maximum absolute atomic E-state index is 11.5. The van der Waals surface area contributed by atoms with Crippen molar-refractivity contribution < 1.29 is 4.79 Å². The summed E-state index contributed by atoms with van der Waals surface area (Å²) in [7, 11) is 2.02. The number of para-hydroxylation sites is 1. The van der Waals surface area contributed by atoms with Gasteiger partial charge in [0.25, 0.3) is 0 Å². The summed E-state index contributed by atoms with van der Waals surface area (Å²) in [5.41, 5.74) is 4.11. The number of carbonyl (C=O) groups excluding carboxylic acids is 1. The van der Waals surface area contributed by atoms with Crippen LogP contribution in [0.4, 0.5) is 5.69 Å². The normalized spacial score (nSPS) is 10.7. The second kappa shape index (κ2) is 4.85. The van der Waals surface area contributed by atoms with E-state index >= 15 is 0 Å². The van der Waals surface area contributed by atoms with Gasteiger partial charge in [0.1, 0.15) is 0 Å². The summed E-state index contributed by atoms with van der Waals surface area (Å²) >= 11 is 0. The minimum atomic E-state index is -0.0569. The van der Waals surface area contributed by atoms with E-state index in [2.05, 4.69) is 28.1 Å². The molecule has 0 fully saturated rings. The molecule has 2 aromatic carbocycles. The first-order valence-corrected chi connectivity index (χ1v) is 6.59. The number of hydrogen-bond acceptors (Lipinski definition) is 1. The van der Waals surface area contributed by atoms with E-state index < -0.39 is 0 Å². The van der Waals surface area contributed by atoms with Gasteiger partial charge in [0.15, 0.2) is 0 Å². The quantitative estimate of drug-likeness (QED) is 0.750. The Morgan fingerprint density at radius 1 is 1.00 bits per heavy atom. The SMILES string of the molecule is CC(=O)Nc1c(-c2ccccc2)n(C)c2ccccc12. The average Bonchev–Trinajstić information content (AvgIpc) is 2.73. The zero-order valence-electron chi connectivity index (χ0n) is 11.6. The number of amides is 1. The monoisotopic (exact) mass is 264 g/mol. The number of aromatic nitrogens is 1. The van der Waals surface area contributed by atoms with Gasteiger partial charge in [0.05, 0.1) is 16.9 Å². The van der Waals surface area contributed by atoms with E-state index in [0.717, 1.165) is 27.8 Å². The molecular weight excluding hydrogens is 248 g/mol. The fourth-order valence-electron chi connectivity index (χ4n) is 2.63. The molecule has 1 N–H and O–H groups in total. The van der Waals surface area contributed by atoms with Gasteiger partial charge in [-0.15, -0.1) is 0 Å². The molecule has 0 aliphatic carbocycles. The smallest absolute Gasteiger partial charge is 0.221 e. The third-order valence-corrected chi connectivity index (χ3v) is 3.46. The van der Waals surface area contributed by atoms with Crippen LogP contribution in [-0.2, 0) is 11.8 Å². The summed E-state index contributed by atoms with van der Waals surface area (Å²) in [5, 5.41) is 4.04. The van der Waals surface area contributed by atoms with Crippen molar-refractivity contribution >= 4 is 22.5 Å². The number of fused-ring (bicyclic) bond motifs is 1. The first kappa shape index (κ1) is 12.5.